The summed E-state index contributed by atoms with van der Waals surface area (Å²) in [6.45, 7) is 0. The molecule has 1 aliphatic rings. The summed E-state index contributed by atoms with van der Waals surface area (Å²) in [7, 11) is 0. The van der Waals surface area contributed by atoms with Crippen molar-refractivity contribution in [2.75, 3.05) is 0 Å². The topological polar surface area (TPSA) is 43.1 Å². The first-order chi connectivity index (χ1) is 6.80. The molecule has 2 N–H and O–H groups in total. The Morgan fingerprint density at radius 2 is 1.36 bits per heavy atom. The number of Topliss-reactive ketones (excluding diaryl/α,β-unsaturated/α-hetero) is 1. The Morgan fingerprint density at radius 1 is 0.857 bits per heavy atom. The van der Waals surface area contributed by atoms with Crippen LogP contribution >= 0.6 is 0 Å². The largest absolute Gasteiger partial charge is 0.322 e. The summed E-state index contributed by atoms with van der Waals surface area (Å²) in [6.07, 6.45) is 11.6. The van der Waals surface area contributed by atoms with Crippen LogP contribution in [-0.4, -0.2) is 11.8 Å². The molecule has 0 saturated heterocycles. The lowest BCUT2D eigenvalue weighted by Gasteiger charge is -2.11. The van der Waals surface area contributed by atoms with Crippen LogP contribution in [0.3, 0.4) is 0 Å². The van der Waals surface area contributed by atoms with Crippen molar-refractivity contribution >= 4 is 5.78 Å². The van der Waals surface area contributed by atoms with Crippen molar-refractivity contribution in [3.63, 3.8) is 0 Å². The van der Waals surface area contributed by atoms with Crippen LogP contribution in [0.25, 0.3) is 0 Å². The number of hydrogen-bond donors (Lipinski definition) is 1. The highest BCUT2D eigenvalue weighted by atomic mass is 16.1. The van der Waals surface area contributed by atoms with E-state index in [1.807, 2.05) is 0 Å². The maximum atomic E-state index is 11.5. The Balaban J connectivity index is 2.27. The van der Waals surface area contributed by atoms with E-state index in [-0.39, 0.29) is 11.8 Å². The van der Waals surface area contributed by atoms with E-state index in [9.17, 15) is 4.79 Å². The van der Waals surface area contributed by atoms with E-state index in [1.54, 1.807) is 0 Å². The highest BCUT2D eigenvalue weighted by Crippen LogP contribution is 2.14. The van der Waals surface area contributed by atoms with Gasteiger partial charge in [-0.05, 0) is 12.8 Å². The molecule has 2 nitrogen and oxygen atoms in total. The number of nitrogens with two attached hydrogens (primary N) is 1. The van der Waals surface area contributed by atoms with Crippen LogP contribution in [0.5, 0.6) is 0 Å². The Bertz CT molecular complexity index is 168. The van der Waals surface area contributed by atoms with Crippen molar-refractivity contribution in [1.82, 2.24) is 0 Å². The van der Waals surface area contributed by atoms with Gasteiger partial charge in [0.1, 0.15) is 5.78 Å². The fraction of sp³-hybridized carbons (Fsp3) is 0.917. The van der Waals surface area contributed by atoms with E-state index in [4.69, 9.17) is 5.73 Å². The van der Waals surface area contributed by atoms with Crippen molar-refractivity contribution in [3.05, 3.63) is 0 Å². The van der Waals surface area contributed by atoms with E-state index in [2.05, 4.69) is 0 Å². The van der Waals surface area contributed by atoms with Crippen LogP contribution in [0.1, 0.15) is 64.2 Å². The standard InChI is InChI=1S/C12H23NO/c13-11-9-7-5-3-1-2-4-6-8-10-12(11)14/h11H,1-10,13H2. The molecule has 0 heterocycles. The van der Waals surface area contributed by atoms with Crippen LogP contribution in [0, 0.1) is 0 Å². The minimum absolute atomic E-state index is 0.172. The lowest BCUT2D eigenvalue weighted by molar-refractivity contribution is -0.120. The molecule has 0 aromatic rings. The van der Waals surface area contributed by atoms with Gasteiger partial charge in [-0.2, -0.15) is 0 Å². The van der Waals surface area contributed by atoms with Crippen molar-refractivity contribution < 1.29 is 4.79 Å². The summed E-state index contributed by atoms with van der Waals surface area (Å²) >= 11 is 0. The Hall–Kier alpha value is -0.370. The molecule has 1 rings (SSSR count). The van der Waals surface area contributed by atoms with Gasteiger partial charge in [0.2, 0.25) is 0 Å². The smallest absolute Gasteiger partial charge is 0.149 e. The number of rotatable bonds is 0. The lowest BCUT2D eigenvalue weighted by atomic mass is 9.98. The number of carbonyl (C=O) groups excluding carboxylic acids is 1. The number of hydrogen-bond acceptors (Lipinski definition) is 2. The van der Waals surface area contributed by atoms with Gasteiger partial charge in [0.25, 0.3) is 0 Å². The maximum absolute atomic E-state index is 11.5. The first kappa shape index (κ1) is 11.7. The third-order valence-corrected chi connectivity index (χ3v) is 3.10. The van der Waals surface area contributed by atoms with Crippen molar-refractivity contribution in [2.45, 2.75) is 70.3 Å². The van der Waals surface area contributed by atoms with Crippen LogP contribution < -0.4 is 5.73 Å². The number of ketones is 1. The predicted molar refractivity (Wildman–Crippen MR) is 59.2 cm³/mol. The molecule has 0 amide bonds. The quantitative estimate of drug-likeness (QED) is 0.649. The van der Waals surface area contributed by atoms with Gasteiger partial charge in [-0.3, -0.25) is 4.79 Å². The van der Waals surface area contributed by atoms with Gasteiger partial charge >= 0.3 is 0 Å². The van der Waals surface area contributed by atoms with Crippen molar-refractivity contribution in [3.8, 4) is 0 Å². The van der Waals surface area contributed by atoms with E-state index in [0.29, 0.717) is 6.42 Å². The van der Waals surface area contributed by atoms with Crippen molar-refractivity contribution in [2.24, 2.45) is 5.73 Å². The Labute approximate surface area is 87.2 Å². The molecule has 1 atom stereocenters. The minimum atomic E-state index is -0.172. The second kappa shape index (κ2) is 6.99. The molecule has 0 spiro atoms. The zero-order chi connectivity index (χ0) is 10.2. The van der Waals surface area contributed by atoms with E-state index >= 15 is 0 Å². The molecule has 1 fully saturated rings. The first-order valence-corrected chi connectivity index (χ1v) is 6.09. The molecular formula is C12H23NO. The van der Waals surface area contributed by atoms with E-state index in [0.717, 1.165) is 19.3 Å². The van der Waals surface area contributed by atoms with Gasteiger partial charge in [-0.15, -0.1) is 0 Å². The minimum Gasteiger partial charge on any atom is -0.322 e. The lowest BCUT2D eigenvalue weighted by Crippen LogP contribution is -2.30. The molecule has 1 aliphatic carbocycles. The second-order valence-corrected chi connectivity index (χ2v) is 4.44. The fourth-order valence-electron chi connectivity index (χ4n) is 2.07. The van der Waals surface area contributed by atoms with Crippen LogP contribution in [-0.2, 0) is 4.79 Å². The summed E-state index contributed by atoms with van der Waals surface area (Å²) in [5.74, 6) is 0.283. The van der Waals surface area contributed by atoms with Gasteiger partial charge in [0.15, 0.2) is 0 Å². The molecule has 0 aromatic carbocycles. The highest BCUT2D eigenvalue weighted by Gasteiger charge is 2.12. The van der Waals surface area contributed by atoms with Crippen LogP contribution in [0.4, 0.5) is 0 Å². The van der Waals surface area contributed by atoms with E-state index < -0.39 is 0 Å². The van der Waals surface area contributed by atoms with Crippen LogP contribution in [0.15, 0.2) is 0 Å². The van der Waals surface area contributed by atoms with Gasteiger partial charge in [-0.25, -0.2) is 0 Å². The van der Waals surface area contributed by atoms with Crippen LogP contribution in [0.2, 0.25) is 0 Å². The Morgan fingerprint density at radius 3 is 2.00 bits per heavy atom. The monoisotopic (exact) mass is 197 g/mol. The average molecular weight is 197 g/mol. The third-order valence-electron chi connectivity index (χ3n) is 3.10. The molecule has 82 valence electrons. The summed E-state index contributed by atoms with van der Waals surface area (Å²) < 4.78 is 0. The predicted octanol–water partition coefficient (Wildman–Crippen LogP) is 2.80. The first-order valence-electron chi connectivity index (χ1n) is 6.09. The van der Waals surface area contributed by atoms with Gasteiger partial charge in [0, 0.05) is 6.42 Å². The van der Waals surface area contributed by atoms with E-state index in [1.165, 1.54) is 38.5 Å². The zero-order valence-electron chi connectivity index (χ0n) is 9.13. The fourth-order valence-corrected chi connectivity index (χ4v) is 2.07. The molecule has 0 bridgehead atoms. The summed E-state index contributed by atoms with van der Waals surface area (Å²) in [5.41, 5.74) is 5.81. The average Bonchev–Trinajstić information content (AvgIpc) is 2.18. The normalized spacial score (nSPS) is 27.8. The molecule has 1 saturated carbocycles. The molecule has 0 aromatic heterocycles. The summed E-state index contributed by atoms with van der Waals surface area (Å²) in [5, 5.41) is 0. The molecular weight excluding hydrogens is 174 g/mol. The number of carbonyl (C=O) groups is 1. The second-order valence-electron chi connectivity index (χ2n) is 4.44. The van der Waals surface area contributed by atoms with Gasteiger partial charge < -0.3 is 5.73 Å². The SMILES string of the molecule is NC1CCCCCCCCCCC1=O. The molecule has 0 aliphatic heterocycles. The molecule has 2 heteroatoms. The molecule has 1 unspecified atom stereocenters. The highest BCUT2D eigenvalue weighted by molar-refractivity contribution is 5.83. The van der Waals surface area contributed by atoms with Gasteiger partial charge in [0.05, 0.1) is 6.04 Å². The molecule has 0 radical (unpaired) electrons. The van der Waals surface area contributed by atoms with Gasteiger partial charge in [-0.1, -0.05) is 44.9 Å². The maximum Gasteiger partial charge on any atom is 0.149 e. The summed E-state index contributed by atoms with van der Waals surface area (Å²) in [6, 6.07) is -0.172. The summed E-state index contributed by atoms with van der Waals surface area (Å²) in [4.78, 5) is 11.5. The zero-order valence-corrected chi connectivity index (χ0v) is 9.13. The third kappa shape index (κ3) is 4.75. The van der Waals surface area contributed by atoms with Crippen molar-refractivity contribution in [1.29, 1.82) is 0 Å². The Kier molecular flexibility index (Phi) is 5.85. The molecule has 14 heavy (non-hydrogen) atoms.